The van der Waals surface area contributed by atoms with Crippen LogP contribution < -0.4 is 5.73 Å². The summed E-state index contributed by atoms with van der Waals surface area (Å²) >= 11 is 0. The van der Waals surface area contributed by atoms with Crippen molar-refractivity contribution in [3.8, 4) is 0 Å². The molecule has 0 aromatic heterocycles. The number of rotatable bonds is 2. The molecule has 2 heterocycles. The quantitative estimate of drug-likeness (QED) is 0.746. The molecular formula is C12H21NO3. The van der Waals surface area contributed by atoms with Gasteiger partial charge in [-0.3, -0.25) is 0 Å². The van der Waals surface area contributed by atoms with Gasteiger partial charge in [0.05, 0.1) is 19.8 Å². The van der Waals surface area contributed by atoms with Crippen molar-refractivity contribution in [2.24, 2.45) is 5.73 Å². The highest BCUT2D eigenvalue weighted by atomic mass is 16.5. The summed E-state index contributed by atoms with van der Waals surface area (Å²) in [5, 5.41) is 8.50. The molecule has 2 rings (SSSR count). The van der Waals surface area contributed by atoms with Gasteiger partial charge < -0.3 is 20.3 Å². The Kier molecular flexibility index (Phi) is 6.69. The summed E-state index contributed by atoms with van der Waals surface area (Å²) in [4.78, 5) is 0. The summed E-state index contributed by atoms with van der Waals surface area (Å²) in [5.41, 5.74) is 5.31. The van der Waals surface area contributed by atoms with Crippen LogP contribution in [-0.2, 0) is 9.47 Å². The fourth-order valence-corrected chi connectivity index (χ4v) is 1.47. The van der Waals surface area contributed by atoms with Crippen LogP contribution in [0.3, 0.4) is 0 Å². The van der Waals surface area contributed by atoms with Crippen molar-refractivity contribution in [2.45, 2.75) is 25.7 Å². The molecule has 0 saturated carbocycles. The van der Waals surface area contributed by atoms with E-state index < -0.39 is 0 Å². The van der Waals surface area contributed by atoms with Crippen molar-refractivity contribution in [2.75, 3.05) is 26.4 Å². The van der Waals surface area contributed by atoms with E-state index in [4.69, 9.17) is 20.3 Å². The fourth-order valence-electron chi connectivity index (χ4n) is 1.47. The van der Waals surface area contributed by atoms with Crippen LogP contribution in [0.15, 0.2) is 23.7 Å². The van der Waals surface area contributed by atoms with E-state index in [0.717, 1.165) is 50.4 Å². The van der Waals surface area contributed by atoms with Gasteiger partial charge in [-0.05, 0) is 37.8 Å². The Hall–Kier alpha value is -1.00. The average molecular weight is 227 g/mol. The molecule has 2 aliphatic rings. The maximum absolute atomic E-state index is 8.50. The molecule has 2 aliphatic heterocycles. The molecule has 0 aromatic rings. The molecule has 16 heavy (non-hydrogen) atoms. The van der Waals surface area contributed by atoms with Crippen molar-refractivity contribution in [1.29, 1.82) is 0 Å². The van der Waals surface area contributed by atoms with Gasteiger partial charge in [-0.1, -0.05) is 0 Å². The first-order valence-electron chi connectivity index (χ1n) is 5.81. The van der Waals surface area contributed by atoms with Crippen LogP contribution in [0.2, 0.25) is 0 Å². The lowest BCUT2D eigenvalue weighted by Gasteiger charge is -2.11. The zero-order chi connectivity index (χ0) is 11.6. The van der Waals surface area contributed by atoms with Gasteiger partial charge in [-0.25, -0.2) is 0 Å². The van der Waals surface area contributed by atoms with Gasteiger partial charge in [0.25, 0.3) is 0 Å². The molecule has 0 atom stereocenters. The summed E-state index contributed by atoms with van der Waals surface area (Å²) in [6, 6.07) is 0. The minimum absolute atomic E-state index is 0.0556. The monoisotopic (exact) mass is 227 g/mol. The third kappa shape index (κ3) is 5.19. The normalized spacial score (nSPS) is 19.4. The molecule has 0 saturated heterocycles. The fraction of sp³-hybridized carbons (Fsp3) is 0.667. The molecule has 0 bridgehead atoms. The van der Waals surface area contributed by atoms with Gasteiger partial charge in [0.2, 0.25) is 0 Å². The van der Waals surface area contributed by atoms with Crippen LogP contribution in [0.5, 0.6) is 0 Å². The zero-order valence-electron chi connectivity index (χ0n) is 9.65. The van der Waals surface area contributed by atoms with Gasteiger partial charge >= 0.3 is 0 Å². The van der Waals surface area contributed by atoms with Crippen LogP contribution >= 0.6 is 0 Å². The summed E-state index contributed by atoms with van der Waals surface area (Å²) in [7, 11) is 0. The van der Waals surface area contributed by atoms with Crippen LogP contribution in [0.25, 0.3) is 0 Å². The summed E-state index contributed by atoms with van der Waals surface area (Å²) in [5.74, 6) is 1.69. The van der Waals surface area contributed by atoms with E-state index in [-0.39, 0.29) is 6.61 Å². The lowest BCUT2D eigenvalue weighted by molar-refractivity contribution is 0.147. The number of allylic oxidation sites excluding steroid dienone is 2. The Bertz CT molecular complexity index is 223. The minimum Gasteiger partial charge on any atom is -0.497 e. The largest absolute Gasteiger partial charge is 0.497 e. The highest BCUT2D eigenvalue weighted by molar-refractivity contribution is 4.96. The maximum Gasteiger partial charge on any atom is 0.117 e. The third-order valence-electron chi connectivity index (χ3n) is 2.37. The maximum atomic E-state index is 8.50. The molecule has 0 fully saturated rings. The standard InChI is InChI=1S/C6H11NO.C6H10O2/c2*7-5-6-3-1-2-4-8-6/h3H,1-2,4-5,7H2;3,7H,1-2,4-5H2. The van der Waals surface area contributed by atoms with Crippen LogP contribution in [0.1, 0.15) is 25.7 Å². The van der Waals surface area contributed by atoms with Crippen molar-refractivity contribution in [1.82, 2.24) is 0 Å². The summed E-state index contributed by atoms with van der Waals surface area (Å²) in [6.45, 7) is 2.23. The Balaban J connectivity index is 0.000000160. The van der Waals surface area contributed by atoms with E-state index in [2.05, 4.69) is 6.08 Å². The lowest BCUT2D eigenvalue weighted by atomic mass is 10.2. The molecule has 0 aromatic carbocycles. The Morgan fingerprint density at radius 1 is 1.06 bits per heavy atom. The van der Waals surface area contributed by atoms with E-state index in [1.165, 1.54) is 0 Å². The molecule has 4 heteroatoms. The van der Waals surface area contributed by atoms with Crippen molar-refractivity contribution in [3.63, 3.8) is 0 Å². The molecular weight excluding hydrogens is 206 g/mol. The number of aliphatic hydroxyl groups excluding tert-OH is 1. The molecule has 92 valence electrons. The number of hydrogen-bond donors (Lipinski definition) is 2. The summed E-state index contributed by atoms with van der Waals surface area (Å²) < 4.78 is 10.2. The van der Waals surface area contributed by atoms with Gasteiger partial charge in [0, 0.05) is 0 Å². The molecule has 0 unspecified atom stereocenters. The predicted molar refractivity (Wildman–Crippen MR) is 62.7 cm³/mol. The second-order valence-electron chi connectivity index (χ2n) is 3.68. The van der Waals surface area contributed by atoms with Gasteiger partial charge in [-0.15, -0.1) is 0 Å². The van der Waals surface area contributed by atoms with Crippen LogP contribution in [-0.4, -0.2) is 31.5 Å². The Morgan fingerprint density at radius 3 is 1.88 bits per heavy atom. The minimum atomic E-state index is 0.0556. The van der Waals surface area contributed by atoms with Gasteiger partial charge in [0.1, 0.15) is 18.1 Å². The van der Waals surface area contributed by atoms with E-state index in [1.54, 1.807) is 0 Å². The molecule has 0 amide bonds. The zero-order valence-corrected chi connectivity index (χ0v) is 9.65. The van der Waals surface area contributed by atoms with E-state index in [1.807, 2.05) is 6.08 Å². The second kappa shape index (κ2) is 8.19. The number of aliphatic hydroxyl groups is 1. The summed E-state index contributed by atoms with van der Waals surface area (Å²) in [6.07, 6.45) is 8.41. The smallest absolute Gasteiger partial charge is 0.117 e. The van der Waals surface area contributed by atoms with Crippen molar-refractivity contribution >= 4 is 0 Å². The second-order valence-corrected chi connectivity index (χ2v) is 3.68. The first kappa shape index (κ1) is 13.1. The first-order valence-corrected chi connectivity index (χ1v) is 5.81. The third-order valence-corrected chi connectivity index (χ3v) is 2.37. The topological polar surface area (TPSA) is 64.7 Å². The number of nitrogens with two attached hydrogens (primary N) is 1. The highest BCUT2D eigenvalue weighted by Crippen LogP contribution is 2.08. The Labute approximate surface area is 96.7 Å². The SMILES string of the molecule is NCC1=CCCCO1.OCC1=CCCCO1. The lowest BCUT2D eigenvalue weighted by Crippen LogP contribution is -2.10. The number of hydrogen-bond acceptors (Lipinski definition) is 4. The molecule has 4 nitrogen and oxygen atoms in total. The van der Waals surface area contributed by atoms with Crippen molar-refractivity contribution < 1.29 is 14.6 Å². The average Bonchev–Trinajstić information content (AvgIpc) is 2.41. The first-order chi connectivity index (χ1) is 7.86. The van der Waals surface area contributed by atoms with Gasteiger partial charge in [0.15, 0.2) is 0 Å². The van der Waals surface area contributed by atoms with E-state index in [0.29, 0.717) is 6.54 Å². The van der Waals surface area contributed by atoms with E-state index in [9.17, 15) is 0 Å². The van der Waals surface area contributed by atoms with Gasteiger partial charge in [-0.2, -0.15) is 0 Å². The molecule has 0 spiro atoms. The molecule has 0 aliphatic carbocycles. The van der Waals surface area contributed by atoms with E-state index >= 15 is 0 Å². The van der Waals surface area contributed by atoms with Crippen LogP contribution in [0.4, 0.5) is 0 Å². The van der Waals surface area contributed by atoms with Crippen LogP contribution in [0, 0.1) is 0 Å². The Morgan fingerprint density at radius 2 is 1.62 bits per heavy atom. The predicted octanol–water partition coefficient (Wildman–Crippen LogP) is 1.31. The van der Waals surface area contributed by atoms with Crippen molar-refractivity contribution in [3.05, 3.63) is 23.7 Å². The number of ether oxygens (including phenoxy) is 2. The molecule has 0 radical (unpaired) electrons. The highest BCUT2D eigenvalue weighted by Gasteiger charge is 2.00. The molecule has 3 N–H and O–H groups in total.